The molecule has 0 aromatic carbocycles. The summed E-state index contributed by atoms with van der Waals surface area (Å²) in [6.07, 6.45) is 6.20. The Balaban J connectivity index is 1.78. The van der Waals surface area contributed by atoms with Gasteiger partial charge in [-0.2, -0.15) is 0 Å². The molecule has 7 nitrogen and oxygen atoms in total. The van der Waals surface area contributed by atoms with E-state index in [1.165, 1.54) is 12.3 Å². The summed E-state index contributed by atoms with van der Waals surface area (Å²) in [4.78, 5) is 24.8. The summed E-state index contributed by atoms with van der Waals surface area (Å²) in [7, 11) is -3.21. The molecule has 3 heterocycles. The van der Waals surface area contributed by atoms with E-state index in [4.69, 9.17) is 0 Å². The van der Waals surface area contributed by atoms with E-state index in [2.05, 4.69) is 20.3 Å². The standard InChI is InChI=1S/C15H14N4O3S/c1-10-13(15(20)19-12-4-6-23(21,22)9-12)8-17-14(18-10)11-3-2-5-16-7-11/h2-8,12H,9H2,1H3,(H,19,20)/t12-/m1/s1. The number of carbonyl (C=O) groups is 1. The Hall–Kier alpha value is -2.61. The normalized spacial score (nSPS) is 18.7. The number of nitrogens with one attached hydrogen (secondary N) is 1. The van der Waals surface area contributed by atoms with Gasteiger partial charge in [-0.15, -0.1) is 0 Å². The molecule has 0 saturated heterocycles. The van der Waals surface area contributed by atoms with Crippen LogP contribution in [0.25, 0.3) is 11.4 Å². The summed E-state index contributed by atoms with van der Waals surface area (Å²) in [5.41, 5.74) is 1.59. The number of nitrogens with zero attached hydrogens (tertiary/aromatic N) is 3. The van der Waals surface area contributed by atoms with Crippen LogP contribution in [0.15, 0.2) is 42.2 Å². The third-order valence-corrected chi connectivity index (χ3v) is 4.79. The Morgan fingerprint density at radius 3 is 2.78 bits per heavy atom. The first kappa shape index (κ1) is 15.3. The van der Waals surface area contributed by atoms with Gasteiger partial charge in [0.25, 0.3) is 5.91 Å². The molecule has 0 aliphatic carbocycles. The molecule has 0 bridgehead atoms. The van der Waals surface area contributed by atoms with Crippen LogP contribution in [-0.2, 0) is 9.84 Å². The van der Waals surface area contributed by atoms with Crippen LogP contribution in [0.2, 0.25) is 0 Å². The Bertz CT molecular complexity index is 879. The Morgan fingerprint density at radius 1 is 1.35 bits per heavy atom. The molecule has 1 aliphatic rings. The average Bonchev–Trinajstić information content (AvgIpc) is 2.86. The van der Waals surface area contributed by atoms with Gasteiger partial charge in [-0.05, 0) is 25.1 Å². The minimum Gasteiger partial charge on any atom is -0.345 e. The van der Waals surface area contributed by atoms with Gasteiger partial charge in [0.05, 0.1) is 23.1 Å². The molecule has 3 rings (SSSR count). The van der Waals surface area contributed by atoms with Crippen LogP contribution in [0.5, 0.6) is 0 Å². The first-order valence-electron chi connectivity index (χ1n) is 6.90. The number of hydrogen-bond acceptors (Lipinski definition) is 6. The lowest BCUT2D eigenvalue weighted by atomic mass is 10.2. The lowest BCUT2D eigenvalue weighted by Crippen LogP contribution is -2.36. The number of rotatable bonds is 3. The highest BCUT2D eigenvalue weighted by atomic mass is 32.2. The summed E-state index contributed by atoms with van der Waals surface area (Å²) in [6.45, 7) is 1.71. The lowest BCUT2D eigenvalue weighted by Gasteiger charge is -2.11. The summed E-state index contributed by atoms with van der Waals surface area (Å²) in [6, 6.07) is 3.09. The van der Waals surface area contributed by atoms with E-state index in [0.29, 0.717) is 17.1 Å². The van der Waals surface area contributed by atoms with Crippen molar-refractivity contribution in [2.45, 2.75) is 13.0 Å². The van der Waals surface area contributed by atoms with Gasteiger partial charge in [0.1, 0.15) is 0 Å². The van der Waals surface area contributed by atoms with Crippen molar-refractivity contribution in [2.75, 3.05) is 5.75 Å². The average molecular weight is 330 g/mol. The van der Waals surface area contributed by atoms with Crippen molar-refractivity contribution in [3.05, 3.63) is 53.5 Å². The molecule has 0 fully saturated rings. The second-order valence-corrected chi connectivity index (χ2v) is 7.10. The molecular formula is C15H14N4O3S. The molecule has 0 unspecified atom stereocenters. The minimum atomic E-state index is -3.21. The predicted octanol–water partition coefficient (Wildman–Crippen LogP) is 0.888. The molecule has 1 atom stereocenters. The molecule has 2 aromatic heterocycles. The molecule has 23 heavy (non-hydrogen) atoms. The van der Waals surface area contributed by atoms with Crippen molar-refractivity contribution in [3.8, 4) is 11.4 Å². The zero-order valence-corrected chi connectivity index (χ0v) is 13.1. The van der Waals surface area contributed by atoms with E-state index < -0.39 is 21.8 Å². The number of carbonyl (C=O) groups excluding carboxylic acids is 1. The topological polar surface area (TPSA) is 102 Å². The highest BCUT2D eigenvalue weighted by Crippen LogP contribution is 2.15. The van der Waals surface area contributed by atoms with Gasteiger partial charge in [0.2, 0.25) is 0 Å². The van der Waals surface area contributed by atoms with Gasteiger partial charge in [0, 0.05) is 29.6 Å². The molecule has 1 aliphatic heterocycles. The molecular weight excluding hydrogens is 316 g/mol. The maximum Gasteiger partial charge on any atom is 0.255 e. The van der Waals surface area contributed by atoms with Crippen molar-refractivity contribution < 1.29 is 13.2 Å². The van der Waals surface area contributed by atoms with E-state index in [1.807, 2.05) is 6.07 Å². The number of amides is 1. The molecule has 0 radical (unpaired) electrons. The maximum atomic E-state index is 12.2. The summed E-state index contributed by atoms with van der Waals surface area (Å²) < 4.78 is 22.7. The monoisotopic (exact) mass is 330 g/mol. The predicted molar refractivity (Wildman–Crippen MR) is 84.2 cm³/mol. The zero-order chi connectivity index (χ0) is 16.4. The number of pyridine rings is 1. The highest BCUT2D eigenvalue weighted by Gasteiger charge is 2.24. The molecule has 1 N–H and O–H groups in total. The summed E-state index contributed by atoms with van der Waals surface area (Å²) in [5, 5.41) is 3.77. The van der Waals surface area contributed by atoms with Crippen LogP contribution in [0.3, 0.4) is 0 Å². The van der Waals surface area contributed by atoms with Crippen LogP contribution in [-0.4, -0.2) is 41.1 Å². The fourth-order valence-electron chi connectivity index (χ4n) is 2.24. The van der Waals surface area contributed by atoms with Gasteiger partial charge in [-0.1, -0.05) is 0 Å². The van der Waals surface area contributed by atoms with E-state index in [1.54, 1.807) is 25.4 Å². The maximum absolute atomic E-state index is 12.2. The van der Waals surface area contributed by atoms with Crippen molar-refractivity contribution in [1.29, 1.82) is 0 Å². The molecule has 8 heteroatoms. The van der Waals surface area contributed by atoms with Gasteiger partial charge in [0.15, 0.2) is 15.7 Å². The SMILES string of the molecule is Cc1nc(-c2cccnc2)ncc1C(=O)N[C@@H]1C=CS(=O)(=O)C1. The second-order valence-electron chi connectivity index (χ2n) is 5.17. The van der Waals surface area contributed by atoms with Crippen LogP contribution < -0.4 is 5.32 Å². The fourth-order valence-corrected chi connectivity index (χ4v) is 3.47. The van der Waals surface area contributed by atoms with Crippen LogP contribution >= 0.6 is 0 Å². The third kappa shape index (κ3) is 3.42. The third-order valence-electron chi connectivity index (χ3n) is 3.39. The first-order valence-corrected chi connectivity index (χ1v) is 8.62. The van der Waals surface area contributed by atoms with Gasteiger partial charge in [-0.25, -0.2) is 18.4 Å². The van der Waals surface area contributed by atoms with Crippen LogP contribution in [0.1, 0.15) is 16.1 Å². The second kappa shape index (κ2) is 5.88. The van der Waals surface area contributed by atoms with E-state index in [0.717, 1.165) is 11.0 Å². The number of aromatic nitrogens is 3. The fraction of sp³-hybridized carbons (Fsp3) is 0.200. The van der Waals surface area contributed by atoms with Crippen LogP contribution in [0, 0.1) is 6.92 Å². The van der Waals surface area contributed by atoms with Crippen molar-refractivity contribution in [2.24, 2.45) is 0 Å². The quantitative estimate of drug-likeness (QED) is 0.896. The van der Waals surface area contributed by atoms with E-state index in [-0.39, 0.29) is 5.75 Å². The Kier molecular flexibility index (Phi) is 3.91. The van der Waals surface area contributed by atoms with Crippen molar-refractivity contribution >= 4 is 15.7 Å². The summed E-state index contributed by atoms with van der Waals surface area (Å²) >= 11 is 0. The van der Waals surface area contributed by atoms with Crippen LogP contribution in [0.4, 0.5) is 0 Å². The largest absolute Gasteiger partial charge is 0.345 e. The highest BCUT2D eigenvalue weighted by molar-refractivity contribution is 7.94. The zero-order valence-electron chi connectivity index (χ0n) is 12.3. The molecule has 0 spiro atoms. The summed E-state index contributed by atoms with van der Waals surface area (Å²) in [5.74, 6) is -0.0330. The van der Waals surface area contributed by atoms with Gasteiger partial charge < -0.3 is 5.32 Å². The first-order chi connectivity index (χ1) is 10.9. The van der Waals surface area contributed by atoms with Crippen molar-refractivity contribution in [1.82, 2.24) is 20.3 Å². The Morgan fingerprint density at radius 2 is 2.17 bits per heavy atom. The molecule has 118 valence electrons. The van der Waals surface area contributed by atoms with Gasteiger partial charge in [-0.3, -0.25) is 9.78 Å². The lowest BCUT2D eigenvalue weighted by molar-refractivity contribution is 0.0946. The molecule has 2 aromatic rings. The number of hydrogen-bond donors (Lipinski definition) is 1. The van der Waals surface area contributed by atoms with Crippen molar-refractivity contribution in [3.63, 3.8) is 0 Å². The smallest absolute Gasteiger partial charge is 0.255 e. The number of aryl methyl sites for hydroxylation is 1. The molecule has 1 amide bonds. The van der Waals surface area contributed by atoms with E-state index >= 15 is 0 Å². The van der Waals surface area contributed by atoms with E-state index in [9.17, 15) is 13.2 Å². The molecule has 0 saturated carbocycles. The minimum absolute atomic E-state index is 0.119. The van der Waals surface area contributed by atoms with Gasteiger partial charge >= 0.3 is 0 Å². The Labute approximate surface area is 133 Å². The number of sulfone groups is 1.